The molecule has 0 aliphatic heterocycles. The SMILES string of the molecule is CCN(c1nnc(CNC(C)C)o1)C1CCCC1. The summed E-state index contributed by atoms with van der Waals surface area (Å²) in [6, 6.07) is 1.70. The molecule has 0 amide bonds. The Labute approximate surface area is 109 Å². The maximum Gasteiger partial charge on any atom is 0.318 e. The van der Waals surface area contributed by atoms with E-state index in [9.17, 15) is 0 Å². The minimum absolute atomic E-state index is 0.428. The van der Waals surface area contributed by atoms with Gasteiger partial charge in [0.05, 0.1) is 6.54 Å². The van der Waals surface area contributed by atoms with Gasteiger partial charge in [0.15, 0.2) is 0 Å². The first kappa shape index (κ1) is 13.3. The first-order valence-corrected chi connectivity index (χ1v) is 7.03. The fourth-order valence-corrected chi connectivity index (χ4v) is 2.49. The van der Waals surface area contributed by atoms with Crippen LogP contribution in [0.5, 0.6) is 0 Å². The standard InChI is InChI=1S/C13H24N4O/c1-4-17(11-7-5-6-8-11)13-16-15-12(18-13)9-14-10(2)3/h10-11,14H,4-9H2,1-3H3. The van der Waals surface area contributed by atoms with E-state index in [1.165, 1.54) is 25.7 Å². The summed E-state index contributed by atoms with van der Waals surface area (Å²) in [7, 11) is 0. The third-order valence-electron chi connectivity index (χ3n) is 3.47. The highest BCUT2D eigenvalue weighted by Crippen LogP contribution is 2.27. The predicted molar refractivity (Wildman–Crippen MR) is 71.5 cm³/mol. The second kappa shape index (κ2) is 6.18. The Hall–Kier alpha value is -1.10. The van der Waals surface area contributed by atoms with E-state index in [0.717, 1.165) is 6.54 Å². The Balaban J connectivity index is 1.98. The third-order valence-corrected chi connectivity index (χ3v) is 3.47. The molecule has 2 rings (SSSR count). The molecule has 1 aromatic rings. The molecular weight excluding hydrogens is 228 g/mol. The Morgan fingerprint density at radius 3 is 2.67 bits per heavy atom. The molecule has 5 heteroatoms. The largest absolute Gasteiger partial charge is 0.407 e. The predicted octanol–water partition coefficient (Wildman–Crippen LogP) is 2.34. The van der Waals surface area contributed by atoms with E-state index in [2.05, 4.69) is 41.2 Å². The smallest absolute Gasteiger partial charge is 0.318 e. The van der Waals surface area contributed by atoms with E-state index in [-0.39, 0.29) is 0 Å². The van der Waals surface area contributed by atoms with Gasteiger partial charge in [-0.15, -0.1) is 5.10 Å². The molecule has 5 nitrogen and oxygen atoms in total. The molecule has 0 radical (unpaired) electrons. The van der Waals surface area contributed by atoms with Gasteiger partial charge in [0.2, 0.25) is 5.89 Å². The van der Waals surface area contributed by atoms with Crippen molar-refractivity contribution in [1.29, 1.82) is 0 Å². The highest BCUT2D eigenvalue weighted by atomic mass is 16.4. The van der Waals surface area contributed by atoms with E-state index >= 15 is 0 Å². The fraction of sp³-hybridized carbons (Fsp3) is 0.846. The highest BCUT2D eigenvalue weighted by molar-refractivity contribution is 5.26. The van der Waals surface area contributed by atoms with Crippen LogP contribution in [-0.4, -0.2) is 28.8 Å². The summed E-state index contributed by atoms with van der Waals surface area (Å²) in [5.41, 5.74) is 0. The zero-order valence-electron chi connectivity index (χ0n) is 11.6. The topological polar surface area (TPSA) is 54.2 Å². The van der Waals surface area contributed by atoms with Crippen molar-refractivity contribution in [2.45, 2.75) is 65.1 Å². The quantitative estimate of drug-likeness (QED) is 0.842. The van der Waals surface area contributed by atoms with Gasteiger partial charge in [-0.25, -0.2) is 0 Å². The lowest BCUT2D eigenvalue weighted by Gasteiger charge is -2.25. The summed E-state index contributed by atoms with van der Waals surface area (Å²) in [5, 5.41) is 11.6. The zero-order chi connectivity index (χ0) is 13.0. The Morgan fingerprint density at radius 1 is 1.33 bits per heavy atom. The average molecular weight is 252 g/mol. The van der Waals surface area contributed by atoms with Gasteiger partial charge >= 0.3 is 6.01 Å². The van der Waals surface area contributed by atoms with Crippen LogP contribution in [0.25, 0.3) is 0 Å². The molecule has 1 heterocycles. The van der Waals surface area contributed by atoms with Crippen molar-refractivity contribution in [2.24, 2.45) is 0 Å². The fourth-order valence-electron chi connectivity index (χ4n) is 2.49. The van der Waals surface area contributed by atoms with E-state index in [1.54, 1.807) is 0 Å². The lowest BCUT2D eigenvalue weighted by Crippen LogP contribution is -2.33. The summed E-state index contributed by atoms with van der Waals surface area (Å²) >= 11 is 0. The molecule has 0 unspecified atom stereocenters. The van der Waals surface area contributed by atoms with Crippen LogP contribution in [-0.2, 0) is 6.54 Å². The third kappa shape index (κ3) is 3.22. The number of nitrogens with zero attached hydrogens (tertiary/aromatic N) is 3. The number of hydrogen-bond acceptors (Lipinski definition) is 5. The highest BCUT2D eigenvalue weighted by Gasteiger charge is 2.25. The second-order valence-corrected chi connectivity index (χ2v) is 5.24. The minimum Gasteiger partial charge on any atom is -0.407 e. The molecule has 1 saturated carbocycles. The molecule has 0 spiro atoms. The number of aromatic nitrogens is 2. The van der Waals surface area contributed by atoms with Crippen LogP contribution in [0.4, 0.5) is 6.01 Å². The van der Waals surface area contributed by atoms with Crippen molar-refractivity contribution in [3.8, 4) is 0 Å². The van der Waals surface area contributed by atoms with Gasteiger partial charge in [-0.05, 0) is 19.8 Å². The van der Waals surface area contributed by atoms with Crippen molar-refractivity contribution < 1.29 is 4.42 Å². The van der Waals surface area contributed by atoms with Crippen LogP contribution in [0.2, 0.25) is 0 Å². The van der Waals surface area contributed by atoms with Crippen molar-refractivity contribution in [3.05, 3.63) is 5.89 Å². The molecule has 1 fully saturated rings. The van der Waals surface area contributed by atoms with Gasteiger partial charge in [-0.1, -0.05) is 31.8 Å². The van der Waals surface area contributed by atoms with E-state index in [4.69, 9.17) is 4.42 Å². The molecule has 1 aromatic heterocycles. The van der Waals surface area contributed by atoms with E-state index in [0.29, 0.717) is 30.5 Å². The maximum absolute atomic E-state index is 5.74. The number of rotatable bonds is 6. The summed E-state index contributed by atoms with van der Waals surface area (Å²) in [6.07, 6.45) is 5.12. The molecule has 1 N–H and O–H groups in total. The van der Waals surface area contributed by atoms with E-state index < -0.39 is 0 Å². The molecule has 0 saturated heterocycles. The Bertz CT molecular complexity index is 358. The molecule has 18 heavy (non-hydrogen) atoms. The molecule has 0 bridgehead atoms. The summed E-state index contributed by atoms with van der Waals surface area (Å²) in [4.78, 5) is 2.25. The monoisotopic (exact) mass is 252 g/mol. The average Bonchev–Trinajstić information content (AvgIpc) is 2.99. The zero-order valence-corrected chi connectivity index (χ0v) is 11.6. The molecule has 102 valence electrons. The van der Waals surface area contributed by atoms with Crippen LogP contribution in [0.15, 0.2) is 4.42 Å². The molecule has 1 aliphatic rings. The number of hydrogen-bond donors (Lipinski definition) is 1. The van der Waals surface area contributed by atoms with Gasteiger partial charge in [-0.3, -0.25) is 0 Å². The van der Waals surface area contributed by atoms with Crippen LogP contribution >= 0.6 is 0 Å². The van der Waals surface area contributed by atoms with Crippen LogP contribution in [0.3, 0.4) is 0 Å². The van der Waals surface area contributed by atoms with Gasteiger partial charge in [0.1, 0.15) is 0 Å². The van der Waals surface area contributed by atoms with E-state index in [1.807, 2.05) is 0 Å². The van der Waals surface area contributed by atoms with Gasteiger partial charge in [-0.2, -0.15) is 0 Å². The van der Waals surface area contributed by atoms with Crippen molar-refractivity contribution >= 4 is 6.01 Å². The summed E-state index contributed by atoms with van der Waals surface area (Å²) in [5.74, 6) is 0.676. The van der Waals surface area contributed by atoms with Crippen molar-refractivity contribution in [3.63, 3.8) is 0 Å². The first-order valence-electron chi connectivity index (χ1n) is 7.03. The number of nitrogens with one attached hydrogen (secondary N) is 1. The Morgan fingerprint density at radius 2 is 2.06 bits per heavy atom. The Kier molecular flexibility index (Phi) is 4.58. The van der Waals surface area contributed by atoms with Crippen molar-refractivity contribution in [1.82, 2.24) is 15.5 Å². The lowest BCUT2D eigenvalue weighted by atomic mass is 10.2. The molecule has 0 aromatic carbocycles. The second-order valence-electron chi connectivity index (χ2n) is 5.24. The van der Waals surface area contributed by atoms with Gasteiger partial charge < -0.3 is 14.6 Å². The minimum atomic E-state index is 0.428. The summed E-state index contributed by atoms with van der Waals surface area (Å²) < 4.78 is 5.74. The molecule has 0 atom stereocenters. The van der Waals surface area contributed by atoms with Gasteiger partial charge in [0, 0.05) is 18.6 Å². The van der Waals surface area contributed by atoms with Gasteiger partial charge in [0.25, 0.3) is 0 Å². The number of anilines is 1. The first-order chi connectivity index (χ1) is 8.70. The normalized spacial score (nSPS) is 16.7. The summed E-state index contributed by atoms with van der Waals surface area (Å²) in [6.45, 7) is 7.94. The maximum atomic E-state index is 5.74. The van der Waals surface area contributed by atoms with Crippen molar-refractivity contribution in [2.75, 3.05) is 11.4 Å². The lowest BCUT2D eigenvalue weighted by molar-refractivity contribution is 0.435. The molecular formula is C13H24N4O. The molecule has 1 aliphatic carbocycles. The van der Waals surface area contributed by atoms with Crippen LogP contribution in [0.1, 0.15) is 52.3 Å². The van der Waals surface area contributed by atoms with Crippen LogP contribution in [0, 0.1) is 0 Å². The van der Waals surface area contributed by atoms with Crippen LogP contribution < -0.4 is 10.2 Å².